The van der Waals surface area contributed by atoms with Gasteiger partial charge in [0.05, 0.1) is 23.7 Å². The summed E-state index contributed by atoms with van der Waals surface area (Å²) >= 11 is 0. The van der Waals surface area contributed by atoms with Crippen LogP contribution in [0.2, 0.25) is 0 Å². The number of nitrogens with one attached hydrogen (secondary N) is 1. The van der Waals surface area contributed by atoms with Crippen molar-refractivity contribution in [3.63, 3.8) is 0 Å². The highest BCUT2D eigenvalue weighted by atomic mass is 16.6. The van der Waals surface area contributed by atoms with Gasteiger partial charge in [0.1, 0.15) is 12.1 Å². The predicted octanol–water partition coefficient (Wildman–Crippen LogP) is 1.76. The number of amides is 3. The Hall–Kier alpha value is -3.37. The van der Waals surface area contributed by atoms with E-state index in [4.69, 9.17) is 4.74 Å². The maximum Gasteiger partial charge on any atom is 0.409 e. The summed E-state index contributed by atoms with van der Waals surface area (Å²) in [7, 11) is 0. The van der Waals surface area contributed by atoms with E-state index in [2.05, 4.69) is 15.5 Å². The Bertz CT molecular complexity index is 975. The lowest BCUT2D eigenvalue weighted by molar-refractivity contribution is -0.136. The number of piperazine rings is 1. The van der Waals surface area contributed by atoms with Crippen molar-refractivity contribution >= 4 is 23.6 Å². The zero-order valence-electron chi connectivity index (χ0n) is 19.2. The number of carbonyl (C=O) groups is 3. The first-order chi connectivity index (χ1) is 15.2. The maximum atomic E-state index is 13.0. The molecule has 2 atom stereocenters. The lowest BCUT2D eigenvalue weighted by atomic mass is 10.2. The van der Waals surface area contributed by atoms with Crippen molar-refractivity contribution < 1.29 is 19.1 Å². The van der Waals surface area contributed by atoms with Gasteiger partial charge in [0.25, 0.3) is 0 Å². The summed E-state index contributed by atoms with van der Waals surface area (Å²) in [6.45, 7) is 11.0. The molecular formula is C21H31N7O4. The summed E-state index contributed by atoms with van der Waals surface area (Å²) in [5.41, 5.74) is 2.01. The third-order valence-corrected chi connectivity index (χ3v) is 5.56. The molecule has 11 nitrogen and oxygen atoms in total. The molecule has 3 amide bonds. The normalized spacial score (nSPS) is 15.9. The zero-order valence-corrected chi connectivity index (χ0v) is 19.2. The van der Waals surface area contributed by atoms with Crippen LogP contribution in [0.3, 0.4) is 0 Å². The molecule has 32 heavy (non-hydrogen) atoms. The Balaban J connectivity index is 1.60. The Morgan fingerprint density at radius 1 is 1.03 bits per heavy atom. The predicted molar refractivity (Wildman–Crippen MR) is 117 cm³/mol. The second-order valence-electron chi connectivity index (χ2n) is 7.90. The third-order valence-electron chi connectivity index (χ3n) is 5.56. The number of ether oxygens (including phenoxy) is 1. The first kappa shape index (κ1) is 23.3. The van der Waals surface area contributed by atoms with Gasteiger partial charge in [0, 0.05) is 38.6 Å². The van der Waals surface area contributed by atoms with Gasteiger partial charge in [-0.15, -0.1) is 0 Å². The fourth-order valence-electron chi connectivity index (χ4n) is 3.51. The second kappa shape index (κ2) is 9.84. The Morgan fingerprint density at radius 2 is 1.69 bits per heavy atom. The number of nitrogens with zero attached hydrogens (tertiary/aromatic N) is 6. The molecule has 3 heterocycles. The zero-order chi connectivity index (χ0) is 23.4. The highest BCUT2D eigenvalue weighted by Gasteiger charge is 2.29. The van der Waals surface area contributed by atoms with E-state index >= 15 is 0 Å². The van der Waals surface area contributed by atoms with Crippen LogP contribution in [-0.4, -0.2) is 80.1 Å². The number of aryl methyl sites for hydroxylation is 2. The molecule has 1 aliphatic rings. The molecule has 11 heteroatoms. The first-order valence-corrected chi connectivity index (χ1v) is 10.8. The van der Waals surface area contributed by atoms with Crippen molar-refractivity contribution in [2.75, 3.05) is 38.1 Å². The summed E-state index contributed by atoms with van der Waals surface area (Å²) in [4.78, 5) is 40.8. The van der Waals surface area contributed by atoms with Crippen molar-refractivity contribution in [3.05, 3.63) is 29.8 Å². The molecule has 0 aromatic carbocycles. The van der Waals surface area contributed by atoms with Crippen LogP contribution in [0.5, 0.6) is 0 Å². The molecule has 2 unspecified atom stereocenters. The minimum absolute atomic E-state index is 0.0886. The summed E-state index contributed by atoms with van der Waals surface area (Å²) in [6.07, 6.45) is 3.08. The number of hydrogen-bond acceptors (Lipinski definition) is 6. The molecule has 174 valence electrons. The van der Waals surface area contributed by atoms with Crippen molar-refractivity contribution in [1.29, 1.82) is 0 Å². The van der Waals surface area contributed by atoms with Crippen LogP contribution >= 0.6 is 0 Å². The van der Waals surface area contributed by atoms with Crippen LogP contribution in [0.25, 0.3) is 0 Å². The molecule has 0 radical (unpaired) electrons. The standard InChI is InChI=1S/C21H31N7O4/c1-6-32-21(31)26-11-9-25(10-12-26)20(30)17(5)28-13-18(15(3)24-28)22-19(29)16(4)27-8-7-14(2)23-27/h7-8,13,16-17H,6,9-12H2,1-5H3,(H,22,29). The summed E-state index contributed by atoms with van der Waals surface area (Å²) in [6, 6.07) is 0.813. The molecule has 0 spiro atoms. The molecule has 0 bridgehead atoms. The monoisotopic (exact) mass is 445 g/mol. The number of aromatic nitrogens is 4. The molecule has 1 saturated heterocycles. The van der Waals surface area contributed by atoms with Crippen LogP contribution in [0, 0.1) is 13.8 Å². The third kappa shape index (κ3) is 5.09. The van der Waals surface area contributed by atoms with Crippen molar-refractivity contribution in [1.82, 2.24) is 29.4 Å². The molecule has 2 aromatic heterocycles. The smallest absolute Gasteiger partial charge is 0.409 e. The van der Waals surface area contributed by atoms with Gasteiger partial charge >= 0.3 is 6.09 Å². The van der Waals surface area contributed by atoms with E-state index in [1.807, 2.05) is 13.0 Å². The fraction of sp³-hybridized carbons (Fsp3) is 0.571. The average Bonchev–Trinajstić information content (AvgIpc) is 3.38. The van der Waals surface area contributed by atoms with Crippen LogP contribution in [0.4, 0.5) is 10.5 Å². The van der Waals surface area contributed by atoms with Crippen LogP contribution in [0.1, 0.15) is 44.2 Å². The lowest BCUT2D eigenvalue weighted by Crippen LogP contribution is -2.52. The van der Waals surface area contributed by atoms with E-state index < -0.39 is 12.1 Å². The van der Waals surface area contributed by atoms with E-state index in [-0.39, 0.29) is 17.9 Å². The van der Waals surface area contributed by atoms with Gasteiger partial charge in [-0.05, 0) is 40.7 Å². The number of rotatable bonds is 6. The van der Waals surface area contributed by atoms with Crippen LogP contribution in [-0.2, 0) is 14.3 Å². The first-order valence-electron chi connectivity index (χ1n) is 10.8. The van der Waals surface area contributed by atoms with E-state index in [9.17, 15) is 14.4 Å². The van der Waals surface area contributed by atoms with Crippen LogP contribution < -0.4 is 5.32 Å². The molecule has 2 aromatic rings. The van der Waals surface area contributed by atoms with Crippen molar-refractivity contribution in [2.24, 2.45) is 0 Å². The van der Waals surface area contributed by atoms with E-state index in [1.165, 1.54) is 0 Å². The molecule has 1 aliphatic heterocycles. The second-order valence-corrected chi connectivity index (χ2v) is 7.90. The Kier molecular flexibility index (Phi) is 7.16. The molecule has 0 saturated carbocycles. The van der Waals surface area contributed by atoms with Gasteiger partial charge in [0.2, 0.25) is 11.8 Å². The van der Waals surface area contributed by atoms with Gasteiger partial charge in [-0.1, -0.05) is 0 Å². The lowest BCUT2D eigenvalue weighted by Gasteiger charge is -2.35. The van der Waals surface area contributed by atoms with Crippen molar-refractivity contribution in [3.8, 4) is 0 Å². The average molecular weight is 446 g/mol. The maximum absolute atomic E-state index is 13.0. The van der Waals surface area contributed by atoms with E-state index in [0.717, 1.165) is 5.69 Å². The minimum Gasteiger partial charge on any atom is -0.450 e. The molecule has 1 fully saturated rings. The molecular weight excluding hydrogens is 414 g/mol. The van der Waals surface area contributed by atoms with Crippen molar-refractivity contribution in [2.45, 2.75) is 46.7 Å². The van der Waals surface area contributed by atoms with E-state index in [1.54, 1.807) is 59.3 Å². The summed E-state index contributed by atoms with van der Waals surface area (Å²) < 4.78 is 8.18. The van der Waals surface area contributed by atoms with Gasteiger partial charge in [-0.2, -0.15) is 10.2 Å². The van der Waals surface area contributed by atoms with Gasteiger partial charge in [-0.25, -0.2) is 4.79 Å². The topological polar surface area (TPSA) is 115 Å². The number of anilines is 1. The number of carbonyl (C=O) groups excluding carboxylic acids is 3. The molecule has 1 N–H and O–H groups in total. The van der Waals surface area contributed by atoms with Gasteiger partial charge in [0.15, 0.2) is 0 Å². The molecule has 3 rings (SSSR count). The van der Waals surface area contributed by atoms with E-state index in [0.29, 0.717) is 44.2 Å². The quantitative estimate of drug-likeness (QED) is 0.725. The summed E-state index contributed by atoms with van der Waals surface area (Å²) in [5.74, 6) is -0.306. The SMILES string of the molecule is CCOC(=O)N1CCN(C(=O)C(C)n2cc(NC(=O)C(C)n3ccc(C)n3)c(C)n2)CC1. The highest BCUT2D eigenvalue weighted by Crippen LogP contribution is 2.20. The molecule has 0 aliphatic carbocycles. The largest absolute Gasteiger partial charge is 0.450 e. The number of hydrogen-bond donors (Lipinski definition) is 1. The van der Waals surface area contributed by atoms with Crippen LogP contribution in [0.15, 0.2) is 18.5 Å². The van der Waals surface area contributed by atoms with Gasteiger partial charge in [-0.3, -0.25) is 19.0 Å². The Labute approximate surface area is 187 Å². The Morgan fingerprint density at radius 3 is 2.28 bits per heavy atom. The highest BCUT2D eigenvalue weighted by molar-refractivity contribution is 5.93. The van der Waals surface area contributed by atoms with Gasteiger partial charge < -0.3 is 19.9 Å². The summed E-state index contributed by atoms with van der Waals surface area (Å²) in [5, 5.41) is 11.6. The minimum atomic E-state index is -0.542. The fourth-order valence-corrected chi connectivity index (χ4v) is 3.51.